The summed E-state index contributed by atoms with van der Waals surface area (Å²) in [4.78, 5) is 0. The van der Waals surface area contributed by atoms with Crippen LogP contribution in [0.4, 0.5) is 0 Å². The van der Waals surface area contributed by atoms with Crippen LogP contribution in [0.2, 0.25) is 0 Å². The van der Waals surface area contributed by atoms with Gasteiger partial charge in [0, 0.05) is 6.42 Å². The Labute approximate surface area is 103 Å². The Morgan fingerprint density at radius 2 is 1.88 bits per heavy atom. The van der Waals surface area contributed by atoms with E-state index >= 15 is 0 Å². The highest BCUT2D eigenvalue weighted by Crippen LogP contribution is 2.36. The Morgan fingerprint density at radius 3 is 2.71 bits per heavy atom. The second-order valence-corrected chi connectivity index (χ2v) is 4.89. The molecule has 0 N–H and O–H groups in total. The highest BCUT2D eigenvalue weighted by atomic mass is 14.2. The Hall–Kier alpha value is -1.56. The standard InChI is InChI=1S/C17H17/c1-3-12(2)15-10-14-9-8-13-6-4-5-7-16(13)17(14)11-15/h4-12H,3H2,1-2H3. The molecule has 0 saturated carbocycles. The zero-order chi connectivity index (χ0) is 11.8. The first-order valence-corrected chi connectivity index (χ1v) is 6.37. The average molecular weight is 221 g/mol. The van der Waals surface area contributed by atoms with E-state index in [0.717, 1.165) is 0 Å². The summed E-state index contributed by atoms with van der Waals surface area (Å²) in [5, 5.41) is 2.71. The van der Waals surface area contributed by atoms with Crippen LogP contribution >= 0.6 is 0 Å². The van der Waals surface area contributed by atoms with Gasteiger partial charge in [-0.2, -0.15) is 0 Å². The molecular formula is C17H17. The number of hydrogen-bond donors (Lipinski definition) is 0. The minimum Gasteiger partial charge on any atom is -0.0648 e. The van der Waals surface area contributed by atoms with Gasteiger partial charge >= 0.3 is 0 Å². The van der Waals surface area contributed by atoms with Crippen molar-refractivity contribution in [3.8, 4) is 0 Å². The molecule has 1 radical (unpaired) electrons. The van der Waals surface area contributed by atoms with E-state index in [1.807, 2.05) is 0 Å². The minimum atomic E-state index is 0.654. The maximum atomic E-state index is 2.37. The molecule has 2 aromatic carbocycles. The van der Waals surface area contributed by atoms with Crippen molar-refractivity contribution in [3.05, 3.63) is 59.5 Å². The molecule has 0 spiro atoms. The molecule has 0 aliphatic heterocycles. The molecule has 0 heteroatoms. The minimum absolute atomic E-state index is 0.654. The molecule has 0 saturated heterocycles. The Morgan fingerprint density at radius 1 is 1.06 bits per heavy atom. The summed E-state index contributed by atoms with van der Waals surface area (Å²) in [6, 6.07) is 13.1. The van der Waals surface area contributed by atoms with Crippen LogP contribution in [0.25, 0.3) is 16.8 Å². The van der Waals surface area contributed by atoms with E-state index in [1.54, 1.807) is 0 Å². The fraction of sp³-hybridized carbons (Fsp3) is 0.235. The topological polar surface area (TPSA) is 0 Å². The molecule has 0 bridgehead atoms. The molecule has 0 amide bonds. The Balaban J connectivity index is 2.16. The van der Waals surface area contributed by atoms with Crippen molar-refractivity contribution in [3.63, 3.8) is 0 Å². The van der Waals surface area contributed by atoms with Crippen molar-refractivity contribution in [2.24, 2.45) is 5.92 Å². The third-order valence-electron chi connectivity index (χ3n) is 3.82. The molecule has 0 fully saturated rings. The third kappa shape index (κ3) is 1.68. The summed E-state index contributed by atoms with van der Waals surface area (Å²) >= 11 is 0. The van der Waals surface area contributed by atoms with Crippen molar-refractivity contribution in [2.75, 3.05) is 0 Å². The largest absolute Gasteiger partial charge is 0.0648 e. The Bertz CT molecular complexity index is 590. The molecule has 85 valence electrons. The van der Waals surface area contributed by atoms with Gasteiger partial charge < -0.3 is 0 Å². The van der Waals surface area contributed by atoms with E-state index in [0.29, 0.717) is 5.92 Å². The van der Waals surface area contributed by atoms with E-state index in [9.17, 15) is 0 Å². The molecule has 2 aromatic rings. The molecule has 0 aromatic heterocycles. The third-order valence-corrected chi connectivity index (χ3v) is 3.82. The van der Waals surface area contributed by atoms with Gasteiger partial charge in [-0.15, -0.1) is 0 Å². The molecule has 0 heterocycles. The van der Waals surface area contributed by atoms with Gasteiger partial charge in [0.15, 0.2) is 0 Å². The number of rotatable bonds is 2. The van der Waals surface area contributed by atoms with Crippen LogP contribution < -0.4 is 0 Å². The zero-order valence-electron chi connectivity index (χ0n) is 10.4. The van der Waals surface area contributed by atoms with Crippen LogP contribution in [0.15, 0.2) is 42.0 Å². The molecule has 1 aliphatic carbocycles. The predicted molar refractivity (Wildman–Crippen MR) is 74.8 cm³/mol. The van der Waals surface area contributed by atoms with Gasteiger partial charge in [-0.1, -0.05) is 61.9 Å². The van der Waals surface area contributed by atoms with Gasteiger partial charge in [-0.05, 0) is 34.2 Å². The van der Waals surface area contributed by atoms with Gasteiger partial charge in [-0.25, -0.2) is 0 Å². The first-order valence-electron chi connectivity index (χ1n) is 6.37. The van der Waals surface area contributed by atoms with E-state index < -0.39 is 0 Å². The quantitative estimate of drug-likeness (QED) is 0.681. The van der Waals surface area contributed by atoms with E-state index in [4.69, 9.17) is 0 Å². The summed E-state index contributed by atoms with van der Waals surface area (Å²) in [5.74, 6) is 0.654. The van der Waals surface area contributed by atoms with Gasteiger partial charge in [0.1, 0.15) is 0 Å². The SMILES string of the molecule is CCC(C)C1=Cc2c(ccc3ccccc23)[CH]1. The van der Waals surface area contributed by atoms with Crippen LogP contribution in [-0.2, 0) is 0 Å². The van der Waals surface area contributed by atoms with Crippen LogP contribution in [0.5, 0.6) is 0 Å². The summed E-state index contributed by atoms with van der Waals surface area (Å²) in [7, 11) is 0. The van der Waals surface area contributed by atoms with Crippen molar-refractivity contribution in [1.82, 2.24) is 0 Å². The van der Waals surface area contributed by atoms with E-state index in [2.05, 4.69) is 62.7 Å². The summed E-state index contributed by atoms with van der Waals surface area (Å²) in [6.07, 6.45) is 5.91. The maximum Gasteiger partial charge on any atom is 0.0167 e. The molecule has 1 atom stereocenters. The van der Waals surface area contributed by atoms with E-state index in [1.165, 1.54) is 33.9 Å². The Kier molecular flexibility index (Phi) is 2.51. The molecular weight excluding hydrogens is 204 g/mol. The van der Waals surface area contributed by atoms with Crippen LogP contribution in [0.3, 0.4) is 0 Å². The van der Waals surface area contributed by atoms with Crippen molar-refractivity contribution in [2.45, 2.75) is 20.3 Å². The van der Waals surface area contributed by atoms with Crippen LogP contribution in [0, 0.1) is 12.3 Å². The van der Waals surface area contributed by atoms with Crippen LogP contribution in [0.1, 0.15) is 31.4 Å². The molecule has 17 heavy (non-hydrogen) atoms. The highest BCUT2D eigenvalue weighted by Gasteiger charge is 2.18. The second-order valence-electron chi connectivity index (χ2n) is 4.89. The second kappa shape index (κ2) is 4.03. The molecule has 1 aliphatic rings. The number of allylic oxidation sites excluding steroid dienone is 1. The fourth-order valence-electron chi connectivity index (χ4n) is 2.51. The monoisotopic (exact) mass is 221 g/mol. The smallest absolute Gasteiger partial charge is 0.0167 e. The summed E-state index contributed by atoms with van der Waals surface area (Å²) in [5.41, 5.74) is 4.25. The number of fused-ring (bicyclic) bond motifs is 3. The molecule has 0 nitrogen and oxygen atoms in total. The lowest BCUT2D eigenvalue weighted by Gasteiger charge is -2.08. The zero-order valence-corrected chi connectivity index (χ0v) is 10.4. The maximum absolute atomic E-state index is 2.37. The van der Waals surface area contributed by atoms with Gasteiger partial charge in [0.05, 0.1) is 0 Å². The molecule has 1 unspecified atom stereocenters. The van der Waals surface area contributed by atoms with Crippen molar-refractivity contribution in [1.29, 1.82) is 0 Å². The number of benzene rings is 2. The first kappa shape index (κ1) is 10.6. The fourth-order valence-corrected chi connectivity index (χ4v) is 2.51. The van der Waals surface area contributed by atoms with E-state index in [-0.39, 0.29) is 0 Å². The lowest BCUT2D eigenvalue weighted by Crippen LogP contribution is -1.95. The first-order chi connectivity index (χ1) is 8.29. The molecule has 3 rings (SSSR count). The van der Waals surface area contributed by atoms with Gasteiger partial charge in [-0.3, -0.25) is 0 Å². The lowest BCUT2D eigenvalue weighted by molar-refractivity contribution is 0.669. The van der Waals surface area contributed by atoms with Crippen molar-refractivity contribution >= 4 is 16.8 Å². The van der Waals surface area contributed by atoms with Gasteiger partial charge in [0.2, 0.25) is 0 Å². The summed E-state index contributed by atoms with van der Waals surface area (Å²) in [6.45, 7) is 4.55. The van der Waals surface area contributed by atoms with Crippen molar-refractivity contribution < 1.29 is 0 Å². The predicted octanol–water partition coefficient (Wildman–Crippen LogP) is 4.84. The van der Waals surface area contributed by atoms with Crippen LogP contribution in [-0.4, -0.2) is 0 Å². The van der Waals surface area contributed by atoms with Gasteiger partial charge in [0.25, 0.3) is 0 Å². The normalized spacial score (nSPS) is 15.8. The number of hydrogen-bond acceptors (Lipinski definition) is 0. The summed E-state index contributed by atoms with van der Waals surface area (Å²) < 4.78 is 0. The highest BCUT2D eigenvalue weighted by molar-refractivity contribution is 5.95. The average Bonchev–Trinajstić information content (AvgIpc) is 2.82. The lowest BCUT2D eigenvalue weighted by atomic mass is 9.97.